The number of unbranched alkanes of at least 4 members (excludes halogenated alkanes) is 2. The minimum atomic E-state index is -1.18. The van der Waals surface area contributed by atoms with Crippen LogP contribution in [0.4, 0.5) is 4.79 Å². The summed E-state index contributed by atoms with van der Waals surface area (Å²) in [4.78, 5) is 10.6. The van der Waals surface area contributed by atoms with Crippen molar-refractivity contribution >= 4 is 6.16 Å². The van der Waals surface area contributed by atoms with E-state index in [0.29, 0.717) is 19.8 Å². The molecule has 0 aromatic rings. The quantitative estimate of drug-likeness (QED) is 0.389. The van der Waals surface area contributed by atoms with E-state index in [1.165, 1.54) is 0 Å². The van der Waals surface area contributed by atoms with Crippen LogP contribution < -0.4 is 0 Å². The summed E-state index contributed by atoms with van der Waals surface area (Å²) >= 11 is 0. The predicted molar refractivity (Wildman–Crippen MR) is 78.2 cm³/mol. The van der Waals surface area contributed by atoms with Crippen LogP contribution in [0.15, 0.2) is 0 Å². The first-order chi connectivity index (χ1) is 9.70. The van der Waals surface area contributed by atoms with Gasteiger partial charge in [0.15, 0.2) is 0 Å². The van der Waals surface area contributed by atoms with Crippen LogP contribution in [0.25, 0.3) is 0 Å². The standard InChI is InChI=1S/C15H30O5/c1-3-5-8-14(20-15(16)17)9-7-11-19-13-12-18-10-6-4-2/h14H,3-13H2,1-2H3,(H,16,17). The van der Waals surface area contributed by atoms with Crippen molar-refractivity contribution in [2.24, 2.45) is 0 Å². The van der Waals surface area contributed by atoms with Crippen molar-refractivity contribution in [1.82, 2.24) is 0 Å². The molecule has 0 saturated heterocycles. The predicted octanol–water partition coefficient (Wildman–Crippen LogP) is 3.85. The molecule has 5 heteroatoms. The molecule has 0 bridgehead atoms. The lowest BCUT2D eigenvalue weighted by Gasteiger charge is -2.15. The van der Waals surface area contributed by atoms with Crippen molar-refractivity contribution < 1.29 is 24.1 Å². The Balaban J connectivity index is 3.45. The topological polar surface area (TPSA) is 65.0 Å². The van der Waals surface area contributed by atoms with Crippen molar-refractivity contribution in [3.05, 3.63) is 0 Å². The summed E-state index contributed by atoms with van der Waals surface area (Å²) < 4.78 is 15.7. The smallest absolute Gasteiger partial charge is 0.450 e. The number of ether oxygens (including phenoxy) is 3. The van der Waals surface area contributed by atoms with Crippen molar-refractivity contribution in [3.8, 4) is 0 Å². The second-order valence-corrected chi connectivity index (χ2v) is 4.87. The molecule has 0 heterocycles. The lowest BCUT2D eigenvalue weighted by molar-refractivity contribution is 0.0269. The Hall–Kier alpha value is -0.810. The van der Waals surface area contributed by atoms with E-state index >= 15 is 0 Å². The maximum absolute atomic E-state index is 10.6. The largest absolute Gasteiger partial charge is 0.506 e. The molecule has 0 saturated carbocycles. The van der Waals surface area contributed by atoms with Gasteiger partial charge in [0.1, 0.15) is 6.10 Å². The Labute approximate surface area is 122 Å². The molecule has 120 valence electrons. The van der Waals surface area contributed by atoms with Crippen LogP contribution >= 0.6 is 0 Å². The van der Waals surface area contributed by atoms with E-state index < -0.39 is 6.16 Å². The Morgan fingerprint density at radius 1 is 0.900 bits per heavy atom. The Morgan fingerprint density at radius 3 is 2.00 bits per heavy atom. The van der Waals surface area contributed by atoms with E-state index in [2.05, 4.69) is 13.8 Å². The van der Waals surface area contributed by atoms with Crippen LogP contribution in [0.1, 0.15) is 58.8 Å². The van der Waals surface area contributed by atoms with Gasteiger partial charge in [-0.1, -0.05) is 33.1 Å². The average Bonchev–Trinajstić information content (AvgIpc) is 2.42. The summed E-state index contributed by atoms with van der Waals surface area (Å²) in [6, 6.07) is 0. The summed E-state index contributed by atoms with van der Waals surface area (Å²) in [6.07, 6.45) is 5.22. The van der Waals surface area contributed by atoms with Crippen LogP contribution in [-0.4, -0.2) is 43.8 Å². The Bertz CT molecular complexity index is 220. The lowest BCUT2D eigenvalue weighted by Crippen LogP contribution is -2.17. The van der Waals surface area contributed by atoms with Gasteiger partial charge in [-0.05, 0) is 25.7 Å². The second-order valence-electron chi connectivity index (χ2n) is 4.87. The highest BCUT2D eigenvalue weighted by atomic mass is 16.7. The normalized spacial score (nSPS) is 12.3. The van der Waals surface area contributed by atoms with E-state index in [4.69, 9.17) is 19.3 Å². The molecule has 0 rings (SSSR count). The van der Waals surface area contributed by atoms with Crippen molar-refractivity contribution in [1.29, 1.82) is 0 Å². The second kappa shape index (κ2) is 14.6. The summed E-state index contributed by atoms with van der Waals surface area (Å²) in [5.74, 6) is 0. The van der Waals surface area contributed by atoms with Gasteiger partial charge in [-0.2, -0.15) is 0 Å². The third-order valence-corrected chi connectivity index (χ3v) is 2.98. The molecule has 5 nitrogen and oxygen atoms in total. The van der Waals surface area contributed by atoms with Crippen LogP contribution in [0.2, 0.25) is 0 Å². The maximum atomic E-state index is 10.6. The Morgan fingerprint density at radius 2 is 1.45 bits per heavy atom. The summed E-state index contributed by atoms with van der Waals surface area (Å²) in [6.45, 7) is 6.87. The highest BCUT2D eigenvalue weighted by molar-refractivity contribution is 5.57. The summed E-state index contributed by atoms with van der Waals surface area (Å²) in [5, 5.41) is 8.66. The molecule has 1 atom stereocenters. The van der Waals surface area contributed by atoms with Crippen LogP contribution in [-0.2, 0) is 14.2 Å². The summed E-state index contributed by atoms with van der Waals surface area (Å²) in [5.41, 5.74) is 0. The number of hydrogen-bond donors (Lipinski definition) is 1. The monoisotopic (exact) mass is 290 g/mol. The average molecular weight is 290 g/mol. The highest BCUT2D eigenvalue weighted by Crippen LogP contribution is 2.11. The van der Waals surface area contributed by atoms with E-state index in [1.807, 2.05) is 0 Å². The minimum absolute atomic E-state index is 0.197. The highest BCUT2D eigenvalue weighted by Gasteiger charge is 2.12. The van der Waals surface area contributed by atoms with E-state index in [-0.39, 0.29) is 6.10 Å². The molecule has 1 N–H and O–H groups in total. The third-order valence-electron chi connectivity index (χ3n) is 2.98. The van der Waals surface area contributed by atoms with Crippen LogP contribution in [0.3, 0.4) is 0 Å². The fourth-order valence-electron chi connectivity index (χ4n) is 1.82. The first-order valence-electron chi connectivity index (χ1n) is 7.75. The first-order valence-corrected chi connectivity index (χ1v) is 7.75. The van der Waals surface area contributed by atoms with Gasteiger partial charge >= 0.3 is 6.16 Å². The molecular weight excluding hydrogens is 260 g/mol. The number of carboxylic acid groups (broad SMARTS) is 1. The van der Waals surface area contributed by atoms with Crippen LogP contribution in [0.5, 0.6) is 0 Å². The van der Waals surface area contributed by atoms with E-state index in [9.17, 15) is 4.79 Å². The zero-order chi connectivity index (χ0) is 15.1. The Kier molecular flexibility index (Phi) is 14.0. The molecule has 1 unspecified atom stereocenters. The molecule has 0 radical (unpaired) electrons. The fourth-order valence-corrected chi connectivity index (χ4v) is 1.82. The molecule has 0 aromatic heterocycles. The maximum Gasteiger partial charge on any atom is 0.506 e. The van der Waals surface area contributed by atoms with Gasteiger partial charge in [0.05, 0.1) is 13.2 Å². The van der Waals surface area contributed by atoms with Gasteiger partial charge in [0.25, 0.3) is 0 Å². The number of hydrogen-bond acceptors (Lipinski definition) is 4. The van der Waals surface area contributed by atoms with Crippen molar-refractivity contribution in [3.63, 3.8) is 0 Å². The molecule has 0 spiro atoms. The van der Waals surface area contributed by atoms with Gasteiger partial charge in [-0.25, -0.2) is 4.79 Å². The lowest BCUT2D eigenvalue weighted by atomic mass is 10.1. The SMILES string of the molecule is CCCCOCCOCCCC(CCCC)OC(=O)O. The molecule has 0 aromatic carbocycles. The number of rotatable bonds is 14. The summed E-state index contributed by atoms with van der Waals surface area (Å²) in [7, 11) is 0. The van der Waals surface area contributed by atoms with Crippen molar-refractivity contribution in [2.45, 2.75) is 64.9 Å². The van der Waals surface area contributed by atoms with Gasteiger partial charge in [-0.3, -0.25) is 0 Å². The van der Waals surface area contributed by atoms with Gasteiger partial charge in [0.2, 0.25) is 0 Å². The van der Waals surface area contributed by atoms with Gasteiger partial charge in [0, 0.05) is 13.2 Å². The van der Waals surface area contributed by atoms with Gasteiger partial charge in [-0.15, -0.1) is 0 Å². The molecule has 0 aliphatic carbocycles. The zero-order valence-corrected chi connectivity index (χ0v) is 12.9. The molecular formula is C15H30O5. The molecule has 0 fully saturated rings. The van der Waals surface area contributed by atoms with Gasteiger partial charge < -0.3 is 19.3 Å². The molecule has 20 heavy (non-hydrogen) atoms. The molecule has 0 aliphatic heterocycles. The third kappa shape index (κ3) is 13.6. The minimum Gasteiger partial charge on any atom is -0.450 e. The fraction of sp³-hybridized carbons (Fsp3) is 0.933. The van der Waals surface area contributed by atoms with E-state index in [0.717, 1.165) is 51.6 Å². The van der Waals surface area contributed by atoms with Crippen molar-refractivity contribution in [2.75, 3.05) is 26.4 Å². The molecule has 0 amide bonds. The first kappa shape index (κ1) is 19.2. The van der Waals surface area contributed by atoms with E-state index in [1.54, 1.807) is 0 Å². The number of carbonyl (C=O) groups is 1. The molecule has 0 aliphatic rings. The zero-order valence-electron chi connectivity index (χ0n) is 12.9. The van der Waals surface area contributed by atoms with Crippen LogP contribution in [0, 0.1) is 0 Å².